The van der Waals surface area contributed by atoms with Gasteiger partial charge in [-0.05, 0) is 13.8 Å². The van der Waals surface area contributed by atoms with Gasteiger partial charge in [0, 0.05) is 12.1 Å². The molecule has 2 rings (SSSR count). The number of aromatic nitrogens is 1. The largest absolute Gasteiger partial charge is 0.511 e. The molecule has 0 unspecified atom stereocenters. The molecule has 0 bridgehead atoms. The zero-order valence-corrected chi connectivity index (χ0v) is 10.5. The smallest absolute Gasteiger partial charge is 0.463 e. The zero-order valence-electron chi connectivity index (χ0n) is 10.5. The lowest BCUT2D eigenvalue weighted by Gasteiger charge is -2.08. The van der Waals surface area contributed by atoms with Crippen LogP contribution in [0, 0.1) is 0 Å². The third-order valence-corrected chi connectivity index (χ3v) is 2.16. The van der Waals surface area contributed by atoms with Crippen molar-refractivity contribution < 1.29 is 28.2 Å². The molecule has 2 aromatic heterocycles. The number of rotatable bonds is 4. The molecule has 0 saturated heterocycles. The van der Waals surface area contributed by atoms with Gasteiger partial charge in [0.15, 0.2) is 5.58 Å². The number of H-pyrrole nitrogens is 1. The summed E-state index contributed by atoms with van der Waals surface area (Å²) in [5.74, 6) is -0.649. The van der Waals surface area contributed by atoms with Gasteiger partial charge in [-0.25, -0.2) is 9.59 Å². The van der Waals surface area contributed by atoms with E-state index in [2.05, 4.69) is 9.72 Å². The third kappa shape index (κ3) is 3.27. The van der Waals surface area contributed by atoms with Crippen molar-refractivity contribution in [2.45, 2.75) is 20.0 Å². The molecule has 2 aromatic rings. The van der Waals surface area contributed by atoms with Crippen molar-refractivity contribution in [1.82, 2.24) is 4.98 Å². The summed E-state index contributed by atoms with van der Waals surface area (Å²) in [5.41, 5.74) is 1.45. The van der Waals surface area contributed by atoms with Gasteiger partial charge < -0.3 is 23.6 Å². The van der Waals surface area contributed by atoms with Gasteiger partial charge in [-0.3, -0.25) is 0 Å². The van der Waals surface area contributed by atoms with Crippen LogP contribution in [0.25, 0.3) is 11.1 Å². The second-order valence-electron chi connectivity index (χ2n) is 3.99. The second kappa shape index (κ2) is 5.47. The van der Waals surface area contributed by atoms with Crippen LogP contribution < -0.4 is 0 Å². The molecule has 0 fully saturated rings. The maximum absolute atomic E-state index is 11.6. The van der Waals surface area contributed by atoms with Crippen molar-refractivity contribution in [2.24, 2.45) is 0 Å². The van der Waals surface area contributed by atoms with E-state index in [1.165, 1.54) is 12.3 Å². The lowest BCUT2D eigenvalue weighted by atomic mass is 10.4. The number of esters is 1. The van der Waals surface area contributed by atoms with Crippen LogP contribution in [-0.2, 0) is 14.2 Å². The number of carbonyl (C=O) groups is 2. The van der Waals surface area contributed by atoms with Crippen LogP contribution in [0.1, 0.15) is 24.3 Å². The van der Waals surface area contributed by atoms with Gasteiger partial charge in [-0.2, -0.15) is 0 Å². The molecule has 0 aliphatic rings. The van der Waals surface area contributed by atoms with E-state index in [0.717, 1.165) is 0 Å². The molecule has 0 spiro atoms. The summed E-state index contributed by atoms with van der Waals surface area (Å²) >= 11 is 0. The molecule has 0 radical (unpaired) electrons. The number of furan rings is 1. The highest BCUT2D eigenvalue weighted by atomic mass is 16.8. The number of hydrogen-bond donors (Lipinski definition) is 1. The Balaban J connectivity index is 1.81. The molecule has 0 aliphatic carbocycles. The molecule has 102 valence electrons. The molecule has 7 nitrogen and oxygen atoms in total. The van der Waals surface area contributed by atoms with E-state index < -0.39 is 18.9 Å². The molecular weight excluding hydrogens is 254 g/mol. The molecule has 0 aliphatic heterocycles. The van der Waals surface area contributed by atoms with Gasteiger partial charge in [-0.1, -0.05) is 0 Å². The SMILES string of the molecule is CC(C)OC(=O)OCOC(=O)c1cc2occc2[nH]1. The summed E-state index contributed by atoms with van der Waals surface area (Å²) in [6.45, 7) is 2.85. The monoisotopic (exact) mass is 267 g/mol. The van der Waals surface area contributed by atoms with Crippen molar-refractivity contribution in [3.05, 3.63) is 24.1 Å². The lowest BCUT2D eigenvalue weighted by Crippen LogP contribution is -2.17. The van der Waals surface area contributed by atoms with Gasteiger partial charge in [0.1, 0.15) is 5.69 Å². The fourth-order valence-corrected chi connectivity index (χ4v) is 1.39. The normalized spacial score (nSPS) is 10.7. The van der Waals surface area contributed by atoms with E-state index in [4.69, 9.17) is 13.9 Å². The fraction of sp³-hybridized carbons (Fsp3) is 0.333. The molecule has 0 atom stereocenters. The Morgan fingerprint density at radius 1 is 1.37 bits per heavy atom. The van der Waals surface area contributed by atoms with Crippen LogP contribution in [0.15, 0.2) is 22.8 Å². The van der Waals surface area contributed by atoms with Crippen molar-refractivity contribution in [3.63, 3.8) is 0 Å². The van der Waals surface area contributed by atoms with Gasteiger partial charge >= 0.3 is 12.1 Å². The summed E-state index contributed by atoms with van der Waals surface area (Å²) in [7, 11) is 0. The minimum atomic E-state index is -0.886. The maximum Gasteiger partial charge on any atom is 0.511 e. The van der Waals surface area contributed by atoms with E-state index in [-0.39, 0.29) is 11.8 Å². The van der Waals surface area contributed by atoms with Gasteiger partial charge in [0.05, 0.1) is 17.9 Å². The number of nitrogens with one attached hydrogen (secondary N) is 1. The van der Waals surface area contributed by atoms with E-state index in [1.54, 1.807) is 19.9 Å². The molecule has 0 amide bonds. The van der Waals surface area contributed by atoms with Crippen LogP contribution in [-0.4, -0.2) is 30.0 Å². The first kappa shape index (κ1) is 13.0. The Hall–Kier alpha value is -2.44. The Kier molecular flexibility index (Phi) is 3.74. The van der Waals surface area contributed by atoms with Crippen molar-refractivity contribution >= 4 is 23.2 Å². The fourth-order valence-electron chi connectivity index (χ4n) is 1.39. The summed E-state index contributed by atoms with van der Waals surface area (Å²) in [5, 5.41) is 0. The molecule has 0 saturated carbocycles. The number of fused-ring (bicyclic) bond motifs is 1. The molecule has 2 heterocycles. The average Bonchev–Trinajstić information content (AvgIpc) is 2.87. The Morgan fingerprint density at radius 2 is 2.16 bits per heavy atom. The lowest BCUT2D eigenvalue weighted by molar-refractivity contribution is -0.0347. The van der Waals surface area contributed by atoms with Crippen LogP contribution in [0.5, 0.6) is 0 Å². The quantitative estimate of drug-likeness (QED) is 0.675. The molecule has 19 heavy (non-hydrogen) atoms. The standard InChI is InChI=1S/C12H13NO6/c1-7(2)19-12(15)18-6-17-11(14)9-5-10-8(13-9)3-4-16-10/h3-5,7,13H,6H2,1-2H3. The molecular formula is C12H13NO6. The average molecular weight is 267 g/mol. The van der Waals surface area contributed by atoms with E-state index >= 15 is 0 Å². The summed E-state index contributed by atoms with van der Waals surface area (Å²) in [6.07, 6.45) is 0.322. The molecule has 0 aromatic carbocycles. The topological polar surface area (TPSA) is 90.8 Å². The number of ether oxygens (including phenoxy) is 3. The van der Waals surface area contributed by atoms with Crippen molar-refractivity contribution in [3.8, 4) is 0 Å². The van der Waals surface area contributed by atoms with Crippen LogP contribution >= 0.6 is 0 Å². The second-order valence-corrected chi connectivity index (χ2v) is 3.99. The highest BCUT2D eigenvalue weighted by Gasteiger charge is 2.14. The van der Waals surface area contributed by atoms with Crippen molar-refractivity contribution in [1.29, 1.82) is 0 Å². The van der Waals surface area contributed by atoms with Gasteiger partial charge in [0.2, 0.25) is 6.79 Å². The van der Waals surface area contributed by atoms with Crippen LogP contribution in [0.3, 0.4) is 0 Å². The first-order chi connectivity index (χ1) is 9.06. The number of hydrogen-bond acceptors (Lipinski definition) is 6. The van der Waals surface area contributed by atoms with E-state index in [1.807, 2.05) is 0 Å². The third-order valence-electron chi connectivity index (χ3n) is 2.16. The molecule has 1 N–H and O–H groups in total. The number of carbonyl (C=O) groups excluding carboxylic acids is 2. The predicted octanol–water partition coefficient (Wildman–Crippen LogP) is 2.44. The summed E-state index contributed by atoms with van der Waals surface area (Å²) in [4.78, 5) is 25.4. The van der Waals surface area contributed by atoms with Crippen LogP contribution in [0.4, 0.5) is 4.79 Å². The highest BCUT2D eigenvalue weighted by Crippen LogP contribution is 2.16. The maximum atomic E-state index is 11.6. The first-order valence-corrected chi connectivity index (χ1v) is 5.63. The minimum Gasteiger partial charge on any atom is -0.463 e. The minimum absolute atomic E-state index is 0.218. The van der Waals surface area contributed by atoms with Gasteiger partial charge in [-0.15, -0.1) is 0 Å². The van der Waals surface area contributed by atoms with Crippen molar-refractivity contribution in [2.75, 3.05) is 6.79 Å². The summed E-state index contributed by atoms with van der Waals surface area (Å²) in [6, 6.07) is 3.19. The first-order valence-electron chi connectivity index (χ1n) is 5.63. The van der Waals surface area contributed by atoms with E-state index in [9.17, 15) is 9.59 Å². The van der Waals surface area contributed by atoms with Crippen LogP contribution in [0.2, 0.25) is 0 Å². The zero-order chi connectivity index (χ0) is 13.8. The Labute approximate surface area is 108 Å². The molecule has 7 heteroatoms. The predicted molar refractivity (Wildman–Crippen MR) is 63.5 cm³/mol. The van der Waals surface area contributed by atoms with Gasteiger partial charge in [0.25, 0.3) is 0 Å². The Morgan fingerprint density at radius 3 is 2.84 bits per heavy atom. The Bertz CT molecular complexity index is 553. The highest BCUT2D eigenvalue weighted by molar-refractivity contribution is 5.93. The summed E-state index contributed by atoms with van der Waals surface area (Å²) < 4.78 is 19.1. The number of aromatic amines is 1. The van der Waals surface area contributed by atoms with E-state index in [0.29, 0.717) is 11.1 Å².